The van der Waals surface area contributed by atoms with E-state index in [1.165, 1.54) is 5.56 Å². The zero-order valence-electron chi connectivity index (χ0n) is 17.2. The van der Waals surface area contributed by atoms with Gasteiger partial charge in [0.25, 0.3) is 0 Å². The molecule has 3 rings (SSSR count). The molecule has 0 amide bonds. The molecule has 0 aliphatic carbocycles. The number of aliphatic imine (C=N–C) groups is 1. The molecule has 2 aromatic heterocycles. The van der Waals surface area contributed by atoms with E-state index in [9.17, 15) is 0 Å². The third-order valence-electron chi connectivity index (χ3n) is 4.93. The van der Waals surface area contributed by atoms with Crippen molar-refractivity contribution in [3.8, 4) is 0 Å². The summed E-state index contributed by atoms with van der Waals surface area (Å²) in [5.41, 5.74) is 2.34. The summed E-state index contributed by atoms with van der Waals surface area (Å²) in [4.78, 5) is 6.92. The van der Waals surface area contributed by atoms with Crippen molar-refractivity contribution in [3.05, 3.63) is 71.2 Å². The van der Waals surface area contributed by atoms with Crippen LogP contribution >= 0.6 is 0 Å². The van der Waals surface area contributed by atoms with E-state index in [0.29, 0.717) is 13.1 Å². The molecule has 3 aromatic rings. The molecule has 1 atom stereocenters. The molecule has 0 spiro atoms. The van der Waals surface area contributed by atoms with Crippen LogP contribution in [0.5, 0.6) is 0 Å². The van der Waals surface area contributed by atoms with Crippen molar-refractivity contribution in [1.29, 1.82) is 0 Å². The zero-order chi connectivity index (χ0) is 20.1. The molecule has 0 radical (unpaired) electrons. The third-order valence-corrected chi connectivity index (χ3v) is 4.93. The monoisotopic (exact) mass is 380 g/mol. The molecule has 0 aliphatic heterocycles. The van der Waals surface area contributed by atoms with Crippen LogP contribution in [0, 0.1) is 13.8 Å². The molecular weight excluding hydrogens is 352 g/mol. The summed E-state index contributed by atoms with van der Waals surface area (Å²) in [5.74, 6) is 3.43. The summed E-state index contributed by atoms with van der Waals surface area (Å²) in [7, 11) is 3.98. The van der Waals surface area contributed by atoms with Crippen LogP contribution in [-0.4, -0.2) is 32.7 Å². The van der Waals surface area contributed by atoms with Crippen LogP contribution in [0.3, 0.4) is 0 Å². The standard InChI is InChI=1S/C21H28N6O/c1-15(18-9-7-6-8-10-18)23-21(22-13-20-25-24-17(3)27(20)5)26(4)14-19-11-12-28-16(19)2/h6-12,15H,13-14H2,1-5H3,(H,22,23). The Balaban J connectivity index is 1.81. The van der Waals surface area contributed by atoms with Gasteiger partial charge in [-0.05, 0) is 32.4 Å². The normalized spacial score (nSPS) is 12.8. The topological polar surface area (TPSA) is 71.5 Å². The Hall–Kier alpha value is -3.09. The van der Waals surface area contributed by atoms with E-state index in [2.05, 4.69) is 39.5 Å². The van der Waals surface area contributed by atoms with Crippen LogP contribution in [0.4, 0.5) is 0 Å². The quantitative estimate of drug-likeness (QED) is 0.524. The summed E-state index contributed by atoms with van der Waals surface area (Å²) in [6.07, 6.45) is 1.72. The van der Waals surface area contributed by atoms with Crippen molar-refractivity contribution >= 4 is 5.96 Å². The first-order valence-corrected chi connectivity index (χ1v) is 9.40. The number of guanidine groups is 1. The largest absolute Gasteiger partial charge is 0.469 e. The maximum atomic E-state index is 5.43. The highest BCUT2D eigenvalue weighted by molar-refractivity contribution is 5.80. The van der Waals surface area contributed by atoms with Gasteiger partial charge in [0.05, 0.1) is 12.3 Å². The molecule has 1 N–H and O–H groups in total. The van der Waals surface area contributed by atoms with Gasteiger partial charge in [0.2, 0.25) is 0 Å². The summed E-state index contributed by atoms with van der Waals surface area (Å²) in [6.45, 7) is 7.20. The van der Waals surface area contributed by atoms with Crippen molar-refractivity contribution in [2.75, 3.05) is 7.05 Å². The first kappa shape index (κ1) is 19.7. The summed E-state index contributed by atoms with van der Waals surface area (Å²) < 4.78 is 7.40. The predicted molar refractivity (Wildman–Crippen MR) is 110 cm³/mol. The van der Waals surface area contributed by atoms with Gasteiger partial charge < -0.3 is 19.2 Å². The van der Waals surface area contributed by atoms with E-state index in [1.807, 2.05) is 56.8 Å². The highest BCUT2D eigenvalue weighted by atomic mass is 16.3. The Morgan fingerprint density at radius 2 is 1.96 bits per heavy atom. The van der Waals surface area contributed by atoms with Crippen molar-refractivity contribution < 1.29 is 4.42 Å². The van der Waals surface area contributed by atoms with Gasteiger partial charge in [-0.15, -0.1) is 10.2 Å². The van der Waals surface area contributed by atoms with Gasteiger partial charge in [-0.25, -0.2) is 4.99 Å². The summed E-state index contributed by atoms with van der Waals surface area (Å²) in [6, 6.07) is 12.5. The molecule has 7 heteroatoms. The maximum absolute atomic E-state index is 5.43. The van der Waals surface area contributed by atoms with Crippen LogP contribution < -0.4 is 5.32 Å². The Labute approximate surface area is 166 Å². The highest BCUT2D eigenvalue weighted by Crippen LogP contribution is 2.15. The van der Waals surface area contributed by atoms with E-state index < -0.39 is 0 Å². The molecule has 0 saturated heterocycles. The zero-order valence-corrected chi connectivity index (χ0v) is 17.2. The number of hydrogen-bond acceptors (Lipinski definition) is 4. The minimum Gasteiger partial charge on any atom is -0.469 e. The minimum absolute atomic E-state index is 0.120. The lowest BCUT2D eigenvalue weighted by Gasteiger charge is -2.25. The van der Waals surface area contributed by atoms with Crippen molar-refractivity contribution in [1.82, 2.24) is 25.0 Å². The van der Waals surface area contributed by atoms with Gasteiger partial charge in [0.1, 0.15) is 18.1 Å². The molecule has 0 aliphatic rings. The van der Waals surface area contributed by atoms with Gasteiger partial charge in [-0.2, -0.15) is 0 Å². The number of aromatic nitrogens is 3. The fourth-order valence-electron chi connectivity index (χ4n) is 2.94. The number of nitrogens with one attached hydrogen (secondary N) is 1. The van der Waals surface area contributed by atoms with Gasteiger partial charge >= 0.3 is 0 Å². The van der Waals surface area contributed by atoms with Gasteiger partial charge in [0.15, 0.2) is 11.8 Å². The number of benzene rings is 1. The molecule has 28 heavy (non-hydrogen) atoms. The number of hydrogen-bond donors (Lipinski definition) is 1. The average molecular weight is 380 g/mol. The van der Waals surface area contributed by atoms with Crippen molar-refractivity contribution in [3.63, 3.8) is 0 Å². The SMILES string of the molecule is Cc1occc1CN(C)C(=NCc1nnc(C)n1C)NC(C)c1ccccc1. The van der Waals surface area contributed by atoms with Crippen molar-refractivity contribution in [2.45, 2.75) is 39.9 Å². The molecular formula is C21H28N6O. The van der Waals surface area contributed by atoms with E-state index in [4.69, 9.17) is 9.41 Å². The van der Waals surface area contributed by atoms with E-state index >= 15 is 0 Å². The van der Waals surface area contributed by atoms with E-state index in [1.54, 1.807) is 6.26 Å². The summed E-state index contributed by atoms with van der Waals surface area (Å²) in [5, 5.41) is 11.9. The second-order valence-electron chi connectivity index (χ2n) is 7.00. The van der Waals surface area contributed by atoms with Crippen LogP contribution in [0.1, 0.15) is 41.5 Å². The first-order valence-electron chi connectivity index (χ1n) is 9.40. The van der Waals surface area contributed by atoms with Crippen LogP contribution in [0.25, 0.3) is 0 Å². The molecule has 7 nitrogen and oxygen atoms in total. The maximum Gasteiger partial charge on any atom is 0.194 e. The number of rotatable bonds is 6. The van der Waals surface area contributed by atoms with Crippen molar-refractivity contribution in [2.24, 2.45) is 12.0 Å². The predicted octanol–water partition coefficient (Wildman–Crippen LogP) is 3.36. The lowest BCUT2D eigenvalue weighted by Crippen LogP contribution is -2.40. The number of nitrogens with zero attached hydrogens (tertiary/aromatic N) is 5. The van der Waals surface area contributed by atoms with Crippen LogP contribution in [-0.2, 0) is 20.1 Å². The molecule has 0 saturated carbocycles. The third kappa shape index (κ3) is 4.60. The van der Waals surface area contributed by atoms with Gasteiger partial charge in [-0.3, -0.25) is 0 Å². The molecule has 1 unspecified atom stereocenters. The molecule has 148 valence electrons. The fourth-order valence-corrected chi connectivity index (χ4v) is 2.94. The van der Waals surface area contributed by atoms with E-state index in [0.717, 1.165) is 28.9 Å². The van der Waals surface area contributed by atoms with Crippen LogP contribution in [0.2, 0.25) is 0 Å². The Morgan fingerprint density at radius 3 is 2.57 bits per heavy atom. The minimum atomic E-state index is 0.120. The molecule has 2 heterocycles. The molecule has 1 aromatic carbocycles. The number of aryl methyl sites for hydroxylation is 2. The Kier molecular flexibility index (Phi) is 6.13. The fraction of sp³-hybridized carbons (Fsp3) is 0.381. The smallest absolute Gasteiger partial charge is 0.194 e. The molecule has 0 bridgehead atoms. The number of furan rings is 1. The first-order chi connectivity index (χ1) is 13.5. The Bertz CT molecular complexity index is 928. The second kappa shape index (κ2) is 8.73. The van der Waals surface area contributed by atoms with Gasteiger partial charge in [-0.1, -0.05) is 30.3 Å². The lowest BCUT2D eigenvalue weighted by atomic mass is 10.1. The molecule has 0 fully saturated rings. The van der Waals surface area contributed by atoms with E-state index in [-0.39, 0.29) is 6.04 Å². The summed E-state index contributed by atoms with van der Waals surface area (Å²) >= 11 is 0. The van der Waals surface area contributed by atoms with Gasteiger partial charge in [0, 0.05) is 26.2 Å². The lowest BCUT2D eigenvalue weighted by molar-refractivity contribution is 0.453. The van der Waals surface area contributed by atoms with Crippen LogP contribution in [0.15, 0.2) is 52.1 Å². The highest BCUT2D eigenvalue weighted by Gasteiger charge is 2.15. The average Bonchev–Trinajstić information content (AvgIpc) is 3.25. The Morgan fingerprint density at radius 1 is 1.21 bits per heavy atom. The second-order valence-corrected chi connectivity index (χ2v) is 7.00.